The second kappa shape index (κ2) is 11.0. The maximum atomic E-state index is 12.7. The van der Waals surface area contributed by atoms with Crippen molar-refractivity contribution in [3.8, 4) is 0 Å². The number of hydrogen-bond donors (Lipinski definition) is 0. The molecular weight excluding hydrogens is 460 g/mol. The fourth-order valence-corrected chi connectivity index (χ4v) is 3.75. The predicted molar refractivity (Wildman–Crippen MR) is 123 cm³/mol. The molecule has 1 fully saturated rings. The van der Waals surface area contributed by atoms with Crippen LogP contribution in [-0.2, 0) is 18.9 Å². The summed E-state index contributed by atoms with van der Waals surface area (Å²) < 4.78 is 22.3. The summed E-state index contributed by atoms with van der Waals surface area (Å²) in [6, 6.07) is 25.1. The van der Waals surface area contributed by atoms with Crippen LogP contribution in [0, 0.1) is 0 Å². The molecule has 4 rings (SSSR count). The minimum absolute atomic E-state index is 0.261. The predicted octanol–water partition coefficient (Wildman–Crippen LogP) is 4.26. The fourth-order valence-electron chi connectivity index (χ4n) is 3.43. The number of alkyl halides is 1. The average molecular weight is 481 g/mol. The Kier molecular flexibility index (Phi) is 7.57. The number of ether oxygens (including phenoxy) is 4. The monoisotopic (exact) mass is 480 g/mol. The van der Waals surface area contributed by atoms with Gasteiger partial charge in [-0.15, -0.1) is 0 Å². The Labute approximate surface area is 201 Å². The van der Waals surface area contributed by atoms with Crippen molar-refractivity contribution in [2.24, 2.45) is 0 Å². The molecule has 0 N–H and O–H groups in total. The van der Waals surface area contributed by atoms with E-state index in [1.807, 2.05) is 0 Å². The third kappa shape index (κ3) is 5.62. The van der Waals surface area contributed by atoms with Crippen LogP contribution < -0.4 is 0 Å². The molecule has 0 aliphatic carbocycles. The number of carbonyl (C=O) groups excluding carboxylic acids is 3. The van der Waals surface area contributed by atoms with Gasteiger partial charge >= 0.3 is 17.9 Å². The quantitative estimate of drug-likeness (QED) is 0.283. The van der Waals surface area contributed by atoms with E-state index in [4.69, 9.17) is 30.5 Å². The Morgan fingerprint density at radius 3 is 1.53 bits per heavy atom. The fraction of sp³-hybridized carbons (Fsp3) is 0.192. The number of rotatable bonds is 7. The number of carbonyl (C=O) groups is 3. The lowest BCUT2D eigenvalue weighted by atomic mass is 10.1. The summed E-state index contributed by atoms with van der Waals surface area (Å²) in [5, 5.41) is 0. The lowest BCUT2D eigenvalue weighted by Gasteiger charge is -2.23. The van der Waals surface area contributed by atoms with Crippen LogP contribution in [0.4, 0.5) is 0 Å². The summed E-state index contributed by atoms with van der Waals surface area (Å²) >= 11 is 6.33. The molecule has 1 unspecified atom stereocenters. The lowest BCUT2D eigenvalue weighted by molar-refractivity contribution is -0.0435. The molecule has 3 aromatic carbocycles. The molecule has 1 aliphatic heterocycles. The molecule has 0 amide bonds. The van der Waals surface area contributed by atoms with E-state index in [1.54, 1.807) is 91.0 Å². The van der Waals surface area contributed by atoms with Gasteiger partial charge in [-0.25, -0.2) is 14.4 Å². The van der Waals surface area contributed by atoms with E-state index in [2.05, 4.69) is 0 Å². The second-order valence-corrected chi connectivity index (χ2v) is 7.89. The summed E-state index contributed by atoms with van der Waals surface area (Å²) in [6.45, 7) is -0.261. The first-order valence-corrected chi connectivity index (χ1v) is 11.0. The van der Waals surface area contributed by atoms with Crippen LogP contribution in [0.2, 0.25) is 0 Å². The minimum Gasteiger partial charge on any atom is -0.459 e. The van der Waals surface area contributed by atoms with Crippen LogP contribution >= 0.6 is 11.6 Å². The molecule has 0 spiro atoms. The maximum Gasteiger partial charge on any atom is 0.338 e. The number of halogens is 1. The van der Waals surface area contributed by atoms with Crippen molar-refractivity contribution < 1.29 is 33.3 Å². The Morgan fingerprint density at radius 2 is 1.06 bits per heavy atom. The molecule has 0 bridgehead atoms. The SMILES string of the molecule is O=C(OC[C@H]1OC(Cl)[C@H](OC(=O)c2ccccc2)[C@H]1OC(=O)c1ccccc1)c1ccccc1. The van der Waals surface area contributed by atoms with E-state index in [9.17, 15) is 14.4 Å². The zero-order valence-electron chi connectivity index (χ0n) is 17.9. The van der Waals surface area contributed by atoms with Crippen LogP contribution in [0.3, 0.4) is 0 Å². The lowest BCUT2D eigenvalue weighted by Crippen LogP contribution is -2.41. The van der Waals surface area contributed by atoms with E-state index >= 15 is 0 Å². The van der Waals surface area contributed by atoms with Crippen LogP contribution in [-0.4, -0.2) is 48.4 Å². The highest BCUT2D eigenvalue weighted by atomic mass is 35.5. The smallest absolute Gasteiger partial charge is 0.338 e. The van der Waals surface area contributed by atoms with Crippen molar-refractivity contribution >= 4 is 29.5 Å². The number of esters is 3. The standard InChI is InChI=1S/C26H21ClO7/c27-23-22(34-26(30)19-14-8-3-9-15-19)21(33-25(29)18-12-6-2-7-13-18)20(32-23)16-31-24(28)17-10-4-1-5-11-17/h1-15,20-23H,16H2/t20-,21+,22-,23?/m1/s1. The third-order valence-corrected chi connectivity index (χ3v) is 5.50. The van der Waals surface area contributed by atoms with Crippen molar-refractivity contribution in [3.63, 3.8) is 0 Å². The molecule has 174 valence electrons. The number of benzene rings is 3. The van der Waals surface area contributed by atoms with Crippen molar-refractivity contribution in [1.29, 1.82) is 0 Å². The van der Waals surface area contributed by atoms with Crippen molar-refractivity contribution in [2.45, 2.75) is 23.9 Å². The van der Waals surface area contributed by atoms with Crippen LogP contribution in [0.5, 0.6) is 0 Å². The molecule has 0 saturated carbocycles. The minimum atomic E-state index is -1.12. The van der Waals surface area contributed by atoms with Crippen LogP contribution in [0.1, 0.15) is 31.1 Å². The summed E-state index contributed by atoms with van der Waals surface area (Å²) in [6.07, 6.45) is -3.18. The number of hydrogen-bond acceptors (Lipinski definition) is 7. The second-order valence-electron chi connectivity index (χ2n) is 7.46. The Hall–Kier alpha value is -3.68. The van der Waals surface area contributed by atoms with Gasteiger partial charge in [0.2, 0.25) is 0 Å². The van der Waals surface area contributed by atoms with Crippen LogP contribution in [0.15, 0.2) is 91.0 Å². The summed E-state index contributed by atoms with van der Waals surface area (Å²) in [7, 11) is 0. The van der Waals surface area contributed by atoms with Gasteiger partial charge in [-0.2, -0.15) is 0 Å². The Bertz CT molecular complexity index is 1120. The Balaban J connectivity index is 1.51. The average Bonchev–Trinajstić information content (AvgIpc) is 3.17. The van der Waals surface area contributed by atoms with Gasteiger partial charge in [0.05, 0.1) is 16.7 Å². The molecule has 7 nitrogen and oxygen atoms in total. The molecule has 0 aromatic heterocycles. The first kappa shape index (κ1) is 23.5. The summed E-state index contributed by atoms with van der Waals surface area (Å²) in [5.74, 6) is -1.88. The molecule has 0 radical (unpaired) electrons. The highest BCUT2D eigenvalue weighted by molar-refractivity contribution is 6.20. The van der Waals surface area contributed by atoms with E-state index < -0.39 is 41.8 Å². The first-order chi connectivity index (χ1) is 16.5. The molecule has 1 saturated heterocycles. The molecule has 1 heterocycles. The molecule has 1 aliphatic rings. The molecule has 34 heavy (non-hydrogen) atoms. The zero-order chi connectivity index (χ0) is 23.9. The van der Waals surface area contributed by atoms with E-state index in [-0.39, 0.29) is 6.61 Å². The molecule has 8 heteroatoms. The normalized spacial score (nSPS) is 21.4. The van der Waals surface area contributed by atoms with Gasteiger partial charge in [0.15, 0.2) is 17.8 Å². The summed E-state index contributed by atoms with van der Waals surface area (Å²) in [4.78, 5) is 37.8. The van der Waals surface area contributed by atoms with Gasteiger partial charge in [-0.1, -0.05) is 66.2 Å². The van der Waals surface area contributed by atoms with E-state index in [0.717, 1.165) is 0 Å². The van der Waals surface area contributed by atoms with Crippen molar-refractivity contribution in [3.05, 3.63) is 108 Å². The topological polar surface area (TPSA) is 88.1 Å². The summed E-state index contributed by atoms with van der Waals surface area (Å²) in [5.41, 5.74) is -0.165. The molecular formula is C26H21ClO7. The van der Waals surface area contributed by atoms with E-state index in [0.29, 0.717) is 16.7 Å². The van der Waals surface area contributed by atoms with E-state index in [1.165, 1.54) is 0 Å². The first-order valence-electron chi connectivity index (χ1n) is 10.6. The van der Waals surface area contributed by atoms with Gasteiger partial charge in [-0.3, -0.25) is 0 Å². The largest absolute Gasteiger partial charge is 0.459 e. The van der Waals surface area contributed by atoms with Gasteiger partial charge in [0.25, 0.3) is 0 Å². The maximum absolute atomic E-state index is 12.7. The highest BCUT2D eigenvalue weighted by Gasteiger charge is 2.49. The van der Waals surface area contributed by atoms with Crippen molar-refractivity contribution in [1.82, 2.24) is 0 Å². The van der Waals surface area contributed by atoms with Gasteiger partial charge in [0.1, 0.15) is 12.7 Å². The van der Waals surface area contributed by atoms with Gasteiger partial charge in [-0.05, 0) is 36.4 Å². The Morgan fingerprint density at radius 1 is 0.647 bits per heavy atom. The zero-order valence-corrected chi connectivity index (χ0v) is 18.7. The van der Waals surface area contributed by atoms with Gasteiger partial charge in [0, 0.05) is 0 Å². The third-order valence-electron chi connectivity index (χ3n) is 5.15. The molecule has 3 aromatic rings. The van der Waals surface area contributed by atoms with Crippen LogP contribution in [0.25, 0.3) is 0 Å². The van der Waals surface area contributed by atoms with Crippen molar-refractivity contribution in [2.75, 3.05) is 6.61 Å². The highest BCUT2D eigenvalue weighted by Crippen LogP contribution is 2.31. The molecule has 4 atom stereocenters. The van der Waals surface area contributed by atoms with Gasteiger partial charge < -0.3 is 18.9 Å².